The van der Waals surface area contributed by atoms with Crippen LogP contribution in [-0.4, -0.2) is 51.3 Å². The molecule has 0 aromatic heterocycles. The van der Waals surface area contributed by atoms with Gasteiger partial charge >= 0.3 is 0 Å². The van der Waals surface area contributed by atoms with Gasteiger partial charge in [-0.05, 0) is 23.8 Å². The van der Waals surface area contributed by atoms with Crippen LogP contribution in [0.3, 0.4) is 0 Å². The highest BCUT2D eigenvalue weighted by Crippen LogP contribution is 2.41. The van der Waals surface area contributed by atoms with E-state index in [0.717, 1.165) is 36.3 Å². The number of carbonyl (C=O) groups excluding carboxylic acids is 1. The summed E-state index contributed by atoms with van der Waals surface area (Å²) in [7, 11) is 3.39. The zero-order valence-corrected chi connectivity index (χ0v) is 17.2. The molecule has 0 bridgehead atoms. The molecule has 2 heterocycles. The van der Waals surface area contributed by atoms with E-state index in [4.69, 9.17) is 14.2 Å². The van der Waals surface area contributed by atoms with Crippen molar-refractivity contribution in [3.05, 3.63) is 64.5 Å². The molecule has 0 fully saturated rings. The highest BCUT2D eigenvalue weighted by Gasteiger charge is 2.32. The fourth-order valence-electron chi connectivity index (χ4n) is 3.85. The summed E-state index contributed by atoms with van der Waals surface area (Å²) in [5.41, 5.74) is 4.57. The molecule has 158 valence electrons. The fraction of sp³-hybridized carbons (Fsp3) is 0.348. The van der Waals surface area contributed by atoms with E-state index in [1.54, 1.807) is 20.3 Å². The van der Waals surface area contributed by atoms with Gasteiger partial charge in [-0.1, -0.05) is 18.2 Å². The van der Waals surface area contributed by atoms with Crippen molar-refractivity contribution in [2.24, 2.45) is 0 Å². The molecule has 2 aromatic carbocycles. The Morgan fingerprint density at radius 3 is 2.57 bits per heavy atom. The molecule has 1 amide bonds. The lowest BCUT2D eigenvalue weighted by Gasteiger charge is -2.21. The Labute approximate surface area is 175 Å². The van der Waals surface area contributed by atoms with Crippen molar-refractivity contribution in [2.75, 3.05) is 45.8 Å². The van der Waals surface area contributed by atoms with Gasteiger partial charge in [-0.2, -0.15) is 0 Å². The molecule has 4 rings (SSSR count). The topological polar surface area (TPSA) is 60.0 Å². The summed E-state index contributed by atoms with van der Waals surface area (Å²) < 4.78 is 30.1. The van der Waals surface area contributed by atoms with Crippen molar-refractivity contribution in [3.8, 4) is 0 Å². The molecule has 2 aromatic rings. The second-order valence-corrected chi connectivity index (χ2v) is 7.39. The highest BCUT2D eigenvalue weighted by molar-refractivity contribution is 6.36. The largest absolute Gasteiger partial charge is 0.487 e. The lowest BCUT2D eigenvalue weighted by atomic mass is 9.99. The minimum atomic E-state index is -0.385. The number of nitrogens with one attached hydrogen (secondary N) is 1. The number of hydrogen-bond donors (Lipinski definition) is 1. The maximum atomic E-state index is 13.8. The Morgan fingerprint density at radius 1 is 1.07 bits per heavy atom. The van der Waals surface area contributed by atoms with Crippen molar-refractivity contribution in [2.45, 2.75) is 13.2 Å². The monoisotopic (exact) mass is 412 g/mol. The molecule has 0 saturated heterocycles. The predicted molar refractivity (Wildman–Crippen MR) is 112 cm³/mol. The summed E-state index contributed by atoms with van der Waals surface area (Å²) >= 11 is 0. The van der Waals surface area contributed by atoms with Gasteiger partial charge in [0.15, 0.2) is 0 Å². The second-order valence-electron chi connectivity index (χ2n) is 7.39. The Kier molecular flexibility index (Phi) is 6.13. The number of benzene rings is 2. The van der Waals surface area contributed by atoms with Crippen LogP contribution in [0, 0.1) is 5.82 Å². The van der Waals surface area contributed by atoms with Crippen molar-refractivity contribution < 1.29 is 23.4 Å². The first-order valence-electron chi connectivity index (χ1n) is 9.91. The van der Waals surface area contributed by atoms with E-state index in [9.17, 15) is 9.18 Å². The smallest absolute Gasteiger partial charge is 0.260 e. The summed E-state index contributed by atoms with van der Waals surface area (Å²) in [6.45, 7) is 4.07. The van der Waals surface area contributed by atoms with Crippen LogP contribution in [0.15, 0.2) is 36.4 Å². The SMILES string of the molecule is COCCN(CCOC)Cc1ccc2c(c1)COC2=C1C(=O)Nc2ccc(F)cc21. The average Bonchev–Trinajstić information content (AvgIpc) is 3.29. The number of nitrogens with zero attached hydrogens (tertiary/aromatic N) is 1. The Hall–Kier alpha value is -2.74. The molecule has 0 atom stereocenters. The van der Waals surface area contributed by atoms with E-state index < -0.39 is 0 Å². The minimum Gasteiger partial charge on any atom is -0.487 e. The van der Waals surface area contributed by atoms with Crippen molar-refractivity contribution >= 4 is 22.9 Å². The standard InChI is InChI=1S/C23H25FN2O4/c1-28-9-7-26(8-10-29-2)13-15-3-5-18-16(11-15)14-30-22(18)21-19-12-17(24)4-6-20(19)25-23(21)27/h3-6,11-12H,7-10,13-14H2,1-2H3,(H,25,27). The Bertz CT molecular complexity index is 981. The van der Waals surface area contributed by atoms with E-state index in [2.05, 4.69) is 16.3 Å². The van der Waals surface area contributed by atoms with E-state index in [1.165, 1.54) is 12.1 Å². The number of fused-ring (bicyclic) bond motifs is 2. The molecule has 30 heavy (non-hydrogen) atoms. The van der Waals surface area contributed by atoms with Crippen LogP contribution in [0.2, 0.25) is 0 Å². The second kappa shape index (κ2) is 8.95. The average molecular weight is 412 g/mol. The van der Waals surface area contributed by atoms with Gasteiger partial charge < -0.3 is 19.5 Å². The number of amides is 1. The zero-order chi connectivity index (χ0) is 21.1. The van der Waals surface area contributed by atoms with Gasteiger partial charge in [-0.15, -0.1) is 0 Å². The first-order valence-corrected chi connectivity index (χ1v) is 9.91. The molecule has 0 unspecified atom stereocenters. The molecule has 1 N–H and O–H groups in total. The summed E-state index contributed by atoms with van der Waals surface area (Å²) in [5.74, 6) is -0.147. The van der Waals surface area contributed by atoms with Gasteiger partial charge in [-0.25, -0.2) is 4.39 Å². The summed E-state index contributed by atoms with van der Waals surface area (Å²) in [6, 6.07) is 10.4. The maximum Gasteiger partial charge on any atom is 0.260 e. The minimum absolute atomic E-state index is 0.271. The molecular weight excluding hydrogens is 387 g/mol. The van der Waals surface area contributed by atoms with Crippen LogP contribution in [0.4, 0.5) is 10.1 Å². The summed E-state index contributed by atoms with van der Waals surface area (Å²) in [6.07, 6.45) is 0. The first kappa shape index (κ1) is 20.5. The number of rotatable bonds is 8. The molecule has 0 spiro atoms. The van der Waals surface area contributed by atoms with Crippen LogP contribution in [0.25, 0.3) is 11.3 Å². The third-order valence-electron chi connectivity index (χ3n) is 5.37. The molecule has 2 aliphatic heterocycles. The number of ether oxygens (including phenoxy) is 3. The maximum absolute atomic E-state index is 13.8. The third kappa shape index (κ3) is 4.09. The van der Waals surface area contributed by atoms with Gasteiger partial charge in [0.1, 0.15) is 18.2 Å². The normalized spacial score (nSPS) is 17.1. The molecular formula is C23H25FN2O4. The number of methoxy groups -OCH3 is 2. The van der Waals surface area contributed by atoms with Crippen LogP contribution in [0.5, 0.6) is 0 Å². The highest BCUT2D eigenvalue weighted by atomic mass is 19.1. The van der Waals surface area contributed by atoms with E-state index in [1.807, 2.05) is 12.1 Å². The number of anilines is 1. The number of carbonyl (C=O) groups is 1. The Morgan fingerprint density at radius 2 is 1.83 bits per heavy atom. The van der Waals surface area contributed by atoms with Crippen LogP contribution >= 0.6 is 0 Å². The van der Waals surface area contributed by atoms with E-state index in [0.29, 0.717) is 42.4 Å². The molecule has 6 nitrogen and oxygen atoms in total. The zero-order valence-electron chi connectivity index (χ0n) is 17.2. The van der Waals surface area contributed by atoms with Crippen LogP contribution < -0.4 is 5.32 Å². The van der Waals surface area contributed by atoms with E-state index >= 15 is 0 Å². The van der Waals surface area contributed by atoms with Crippen LogP contribution in [0.1, 0.15) is 22.3 Å². The van der Waals surface area contributed by atoms with Crippen molar-refractivity contribution in [1.29, 1.82) is 0 Å². The number of hydrogen-bond acceptors (Lipinski definition) is 5. The molecule has 7 heteroatoms. The fourth-order valence-corrected chi connectivity index (χ4v) is 3.85. The first-order chi connectivity index (χ1) is 14.6. The molecule has 0 aliphatic carbocycles. The summed E-state index contributed by atoms with van der Waals surface area (Å²) in [4.78, 5) is 14.8. The quantitative estimate of drug-likeness (QED) is 0.675. The van der Waals surface area contributed by atoms with Gasteiger partial charge in [0.2, 0.25) is 0 Å². The van der Waals surface area contributed by atoms with Gasteiger partial charge in [-0.3, -0.25) is 9.69 Å². The van der Waals surface area contributed by atoms with Gasteiger partial charge in [0.25, 0.3) is 5.91 Å². The van der Waals surface area contributed by atoms with Gasteiger partial charge in [0, 0.05) is 56.2 Å². The lowest BCUT2D eigenvalue weighted by Crippen LogP contribution is -2.30. The van der Waals surface area contributed by atoms with Crippen molar-refractivity contribution in [3.63, 3.8) is 0 Å². The van der Waals surface area contributed by atoms with Gasteiger partial charge in [0.05, 0.1) is 18.8 Å². The predicted octanol–water partition coefficient (Wildman–Crippen LogP) is 3.27. The Balaban J connectivity index is 1.61. The van der Waals surface area contributed by atoms with Crippen molar-refractivity contribution in [1.82, 2.24) is 4.90 Å². The molecule has 0 saturated carbocycles. The third-order valence-corrected chi connectivity index (χ3v) is 5.37. The van der Waals surface area contributed by atoms with Crippen LogP contribution in [-0.2, 0) is 32.2 Å². The molecule has 2 aliphatic rings. The van der Waals surface area contributed by atoms with E-state index in [-0.39, 0.29) is 11.7 Å². The lowest BCUT2D eigenvalue weighted by molar-refractivity contribution is -0.110. The molecule has 0 radical (unpaired) electrons. The number of halogens is 1. The summed E-state index contributed by atoms with van der Waals surface area (Å²) in [5, 5.41) is 2.79.